The van der Waals surface area contributed by atoms with E-state index in [1.165, 1.54) is 19.3 Å². The second-order valence-corrected chi connectivity index (χ2v) is 8.13. The third-order valence-electron chi connectivity index (χ3n) is 5.99. The Morgan fingerprint density at radius 1 is 1.09 bits per heavy atom. The van der Waals surface area contributed by atoms with Gasteiger partial charge in [-0.15, -0.1) is 0 Å². The van der Waals surface area contributed by atoms with Gasteiger partial charge in [0.05, 0.1) is 47.1 Å². The van der Waals surface area contributed by atoms with Crippen molar-refractivity contribution < 1.29 is 4.74 Å². The summed E-state index contributed by atoms with van der Waals surface area (Å²) in [6, 6.07) is 0. The van der Waals surface area contributed by atoms with Gasteiger partial charge in [-0.3, -0.25) is 0 Å². The minimum absolute atomic E-state index is 0.228. The first-order valence-corrected chi connectivity index (χ1v) is 8.12. The number of rotatable bonds is 2. The van der Waals surface area contributed by atoms with Crippen LogP contribution in [0.4, 0.5) is 0 Å². The Kier molecular flexibility index (Phi) is 4.01. The molecule has 3 aliphatic rings. The molecule has 2 aliphatic heterocycles. The molecule has 0 spiro atoms. The van der Waals surface area contributed by atoms with Crippen molar-refractivity contribution in [1.29, 1.82) is 0 Å². The third kappa shape index (κ3) is 2.99. The molecule has 2 atom stereocenters. The summed E-state index contributed by atoms with van der Waals surface area (Å²) < 4.78 is 5.33. The van der Waals surface area contributed by atoms with Crippen LogP contribution in [0.5, 0.6) is 0 Å². The fourth-order valence-electron chi connectivity index (χ4n) is 4.75. The molecule has 2 nitrogen and oxygen atoms in total. The highest BCUT2D eigenvalue weighted by atomic mass is 16.5. The maximum absolute atomic E-state index is 6.53. The molecular weight excluding hydrogens is 263 g/mol. The normalized spacial score (nSPS) is 38.9. The van der Waals surface area contributed by atoms with Gasteiger partial charge in [0.25, 0.3) is 0 Å². The Bertz CT molecular complexity index is 441. The molecule has 0 amide bonds. The van der Waals surface area contributed by atoms with Crippen molar-refractivity contribution >= 4 is 47.1 Å². The van der Waals surface area contributed by atoms with Crippen LogP contribution in [-0.2, 0) is 4.74 Å². The van der Waals surface area contributed by atoms with Crippen molar-refractivity contribution in [3.05, 3.63) is 0 Å². The highest BCUT2D eigenvalue weighted by molar-refractivity contribution is 6.44. The van der Waals surface area contributed by atoms with E-state index in [9.17, 15) is 0 Å². The maximum atomic E-state index is 6.53. The van der Waals surface area contributed by atoms with Crippen LogP contribution in [0.2, 0.25) is 0 Å². The Hall–Kier alpha value is 0.310. The van der Waals surface area contributed by atoms with Gasteiger partial charge in [-0.25, -0.2) is 0 Å². The summed E-state index contributed by atoms with van der Waals surface area (Å²) >= 11 is 0. The third-order valence-corrected chi connectivity index (χ3v) is 5.99. The molecule has 0 unspecified atom stereocenters. The molecule has 2 saturated heterocycles. The SMILES string of the molecule is [B]C1([B])CC(C([B])([B])N2C[C@H]3CCC[C@@]3(C)C2)CC([B])([B])O1. The summed E-state index contributed by atoms with van der Waals surface area (Å²) in [6.45, 7) is 4.13. The van der Waals surface area contributed by atoms with Gasteiger partial charge in [-0.1, -0.05) is 18.7 Å². The monoisotopic (exact) mass is 283 g/mol. The highest BCUT2D eigenvalue weighted by Gasteiger charge is 2.52. The lowest BCUT2D eigenvalue weighted by atomic mass is 9.43. The molecule has 0 bridgehead atoms. The summed E-state index contributed by atoms with van der Waals surface area (Å²) in [5.41, 5.74) is 0.306. The molecule has 0 N–H and O–H groups in total. The van der Waals surface area contributed by atoms with E-state index in [-0.39, 0.29) is 5.92 Å². The molecule has 22 heavy (non-hydrogen) atoms. The largest absolute Gasteiger partial charge is 0.407 e. The van der Waals surface area contributed by atoms with Crippen LogP contribution in [0.15, 0.2) is 0 Å². The maximum Gasteiger partial charge on any atom is 0.0992 e. The van der Waals surface area contributed by atoms with Crippen molar-refractivity contribution in [3.8, 4) is 0 Å². The van der Waals surface area contributed by atoms with E-state index >= 15 is 0 Å². The predicted molar refractivity (Wildman–Crippen MR) is 93.5 cm³/mol. The van der Waals surface area contributed by atoms with E-state index in [4.69, 9.17) is 51.8 Å². The van der Waals surface area contributed by atoms with Crippen molar-refractivity contribution in [1.82, 2.24) is 4.90 Å². The average Bonchev–Trinajstić information content (AvgIpc) is 2.79. The van der Waals surface area contributed by atoms with Crippen LogP contribution in [-0.4, -0.2) is 81.2 Å². The first kappa shape index (κ1) is 17.1. The number of nitrogens with zero attached hydrogens (tertiary/aromatic N) is 1. The van der Waals surface area contributed by atoms with Gasteiger partial charge in [-0.05, 0) is 53.7 Å². The topological polar surface area (TPSA) is 12.5 Å². The zero-order chi connectivity index (χ0) is 16.4. The minimum atomic E-state index is -1.41. The van der Waals surface area contributed by atoms with Crippen LogP contribution < -0.4 is 0 Å². The smallest absolute Gasteiger partial charge is 0.0992 e. The Labute approximate surface area is 142 Å². The van der Waals surface area contributed by atoms with Gasteiger partial charge >= 0.3 is 0 Å². The van der Waals surface area contributed by atoms with Gasteiger partial charge in [0.1, 0.15) is 0 Å². The number of fused-ring (bicyclic) bond motifs is 1. The van der Waals surface area contributed by atoms with Gasteiger partial charge in [0.15, 0.2) is 0 Å². The number of ether oxygens (including phenoxy) is 1. The van der Waals surface area contributed by atoms with Gasteiger partial charge in [-0.2, -0.15) is 0 Å². The Morgan fingerprint density at radius 3 is 2.23 bits per heavy atom. The van der Waals surface area contributed by atoms with Crippen LogP contribution in [0.3, 0.4) is 0 Å². The second-order valence-electron chi connectivity index (χ2n) is 8.13. The van der Waals surface area contributed by atoms with Crippen LogP contribution in [0.25, 0.3) is 0 Å². The molecule has 0 aromatic carbocycles. The molecule has 3 rings (SSSR count). The quantitative estimate of drug-likeness (QED) is 0.634. The molecule has 12 radical (unpaired) electrons. The minimum Gasteiger partial charge on any atom is -0.407 e. The molecule has 3 fully saturated rings. The molecular formula is C14H19B6NO. The van der Waals surface area contributed by atoms with E-state index in [2.05, 4.69) is 11.8 Å². The molecule has 1 saturated carbocycles. The fraction of sp³-hybridized carbons (Fsp3) is 1.00. The van der Waals surface area contributed by atoms with Gasteiger partial charge in [0.2, 0.25) is 0 Å². The van der Waals surface area contributed by atoms with Crippen molar-refractivity contribution in [2.45, 2.75) is 55.2 Å². The predicted octanol–water partition coefficient (Wildman–Crippen LogP) is -0.493. The van der Waals surface area contributed by atoms with Gasteiger partial charge < -0.3 is 9.64 Å². The molecule has 0 aromatic rings. The molecule has 8 heteroatoms. The Balaban J connectivity index is 1.78. The van der Waals surface area contributed by atoms with E-state index in [1.807, 2.05) is 0 Å². The Morgan fingerprint density at radius 2 is 1.68 bits per heavy atom. The first-order valence-electron chi connectivity index (χ1n) is 8.12. The lowest BCUT2D eigenvalue weighted by Gasteiger charge is -2.55. The highest BCUT2D eigenvalue weighted by Crippen LogP contribution is 2.51. The second kappa shape index (κ2) is 5.15. The van der Waals surface area contributed by atoms with Crippen molar-refractivity contribution in [2.24, 2.45) is 17.3 Å². The van der Waals surface area contributed by atoms with Crippen LogP contribution in [0, 0.1) is 17.3 Å². The van der Waals surface area contributed by atoms with E-state index in [0.29, 0.717) is 24.2 Å². The number of hydrogen-bond donors (Lipinski definition) is 0. The summed E-state index contributed by atoms with van der Waals surface area (Å²) in [5.74, 6) is 0.425. The first-order chi connectivity index (χ1) is 9.94. The van der Waals surface area contributed by atoms with E-state index < -0.39 is 16.1 Å². The standard InChI is InChI=1S/C14H19B6NO/c1-11-4-2-3-9(11)7-21(8-11)14(19,20)10-5-12(15,16)22-13(17,18)6-10/h9-10H,2-8H2,1H3/t9-,11+/m1/s1. The summed E-state index contributed by atoms with van der Waals surface area (Å²) in [6.07, 6.45) is 4.42. The molecule has 2 heterocycles. The van der Waals surface area contributed by atoms with Crippen LogP contribution in [0.1, 0.15) is 39.0 Å². The van der Waals surface area contributed by atoms with Gasteiger partial charge in [0, 0.05) is 13.1 Å². The summed E-state index contributed by atoms with van der Waals surface area (Å²) in [5, 5.41) is -3.85. The van der Waals surface area contributed by atoms with Crippen molar-refractivity contribution in [2.75, 3.05) is 13.1 Å². The average molecular weight is 282 g/mol. The zero-order valence-electron chi connectivity index (χ0n) is 13.4. The van der Waals surface area contributed by atoms with Crippen LogP contribution >= 0.6 is 0 Å². The summed E-state index contributed by atoms with van der Waals surface area (Å²) in [7, 11) is 36.7. The fourth-order valence-corrected chi connectivity index (χ4v) is 4.75. The van der Waals surface area contributed by atoms with E-state index in [1.54, 1.807) is 0 Å². The molecule has 104 valence electrons. The lowest BCUT2D eigenvalue weighted by Crippen LogP contribution is -2.63. The number of hydrogen-bond acceptors (Lipinski definition) is 2. The summed E-state index contributed by atoms with van der Waals surface area (Å²) in [4.78, 5) is 2.17. The number of likely N-dealkylation sites (tertiary alicyclic amines) is 1. The van der Waals surface area contributed by atoms with Crippen molar-refractivity contribution in [3.63, 3.8) is 0 Å². The molecule has 0 aromatic heterocycles. The molecule has 1 aliphatic carbocycles. The van der Waals surface area contributed by atoms with E-state index in [0.717, 1.165) is 13.1 Å². The lowest BCUT2D eigenvalue weighted by molar-refractivity contribution is -0.0528. The zero-order valence-corrected chi connectivity index (χ0v) is 13.4.